The highest BCUT2D eigenvalue weighted by Gasteiger charge is 2.25. The summed E-state index contributed by atoms with van der Waals surface area (Å²) in [6.07, 6.45) is -0.897. The normalized spacial score (nSPS) is 10.8. The van der Waals surface area contributed by atoms with E-state index in [2.05, 4.69) is 20.3 Å². The van der Waals surface area contributed by atoms with Crippen LogP contribution < -0.4 is 5.73 Å². The Morgan fingerprint density at radius 1 is 0.824 bits per heavy atom. The van der Waals surface area contributed by atoms with Crippen molar-refractivity contribution in [3.05, 3.63) is 91.3 Å². The number of nitrogens with zero attached hydrogens (tertiary/aromatic N) is 7. The van der Waals surface area contributed by atoms with Gasteiger partial charge in [0.2, 0.25) is 5.95 Å². The summed E-state index contributed by atoms with van der Waals surface area (Å²) in [6.45, 7) is 0. The van der Waals surface area contributed by atoms with Crippen molar-refractivity contribution in [1.29, 1.82) is 0 Å². The molecule has 14 heteroatoms. The van der Waals surface area contributed by atoms with Gasteiger partial charge in [0.25, 0.3) is 17.2 Å². The Hall–Kier alpha value is -5.14. The molecule has 170 valence electrons. The molecule has 0 fully saturated rings. The number of nitro benzene ring substituents is 2. The van der Waals surface area contributed by atoms with Crippen molar-refractivity contribution in [3.63, 3.8) is 0 Å². The summed E-state index contributed by atoms with van der Waals surface area (Å²) in [4.78, 5) is 51.3. The number of carbonyl (C=O) groups is 2. The lowest BCUT2D eigenvalue weighted by atomic mass is 10.00. The predicted octanol–water partition coefficient (Wildman–Crippen LogP) is 1.77. The van der Waals surface area contributed by atoms with Gasteiger partial charge >= 0.3 is 0 Å². The molecule has 2 aromatic heterocycles. The van der Waals surface area contributed by atoms with Crippen LogP contribution in [0.15, 0.2) is 48.5 Å². The number of fused-ring (bicyclic) bond motifs is 1. The van der Waals surface area contributed by atoms with Crippen LogP contribution in [0.25, 0.3) is 5.78 Å². The Kier molecular flexibility index (Phi) is 5.70. The third kappa shape index (κ3) is 4.14. The number of ketones is 2. The number of benzene rings is 2. The number of aromatic nitrogens is 5. The average molecular weight is 462 g/mol. The highest BCUT2D eigenvalue weighted by atomic mass is 16.6. The maximum absolute atomic E-state index is 12.9. The molecule has 0 aliphatic heterocycles. The molecule has 0 saturated heterocycles. The summed E-state index contributed by atoms with van der Waals surface area (Å²) in [5.41, 5.74) is 4.65. The molecule has 0 unspecified atom stereocenters. The molecule has 0 radical (unpaired) electrons. The van der Waals surface area contributed by atoms with Crippen molar-refractivity contribution in [3.8, 4) is 0 Å². The summed E-state index contributed by atoms with van der Waals surface area (Å²) in [5, 5.41) is 34.2. The van der Waals surface area contributed by atoms with Crippen LogP contribution in [0.3, 0.4) is 0 Å². The van der Waals surface area contributed by atoms with Gasteiger partial charge in [-0.1, -0.05) is 24.3 Å². The van der Waals surface area contributed by atoms with Gasteiger partial charge in [0.15, 0.2) is 11.6 Å². The van der Waals surface area contributed by atoms with Crippen molar-refractivity contribution in [2.24, 2.45) is 0 Å². The number of para-hydroxylation sites is 2. The van der Waals surface area contributed by atoms with Crippen molar-refractivity contribution in [2.45, 2.75) is 12.8 Å². The van der Waals surface area contributed by atoms with Crippen LogP contribution in [-0.2, 0) is 12.8 Å². The zero-order valence-electron chi connectivity index (χ0n) is 17.2. The number of Topliss-reactive ketones (excluding diaryl/α,β-unsaturated/α-hetero) is 2. The van der Waals surface area contributed by atoms with Gasteiger partial charge in [-0.05, 0) is 12.1 Å². The second-order valence-corrected chi connectivity index (χ2v) is 7.02. The molecule has 4 aromatic rings. The molecular weight excluding hydrogens is 448 g/mol. The smallest absolute Gasteiger partial charge is 0.280 e. The number of hydrogen-bond donors (Lipinski definition) is 1. The van der Waals surface area contributed by atoms with Crippen molar-refractivity contribution >= 4 is 34.7 Å². The summed E-state index contributed by atoms with van der Waals surface area (Å²) >= 11 is 0. The van der Waals surface area contributed by atoms with Crippen LogP contribution in [-0.4, -0.2) is 46.2 Å². The van der Waals surface area contributed by atoms with E-state index in [1.807, 2.05) is 0 Å². The molecule has 0 aliphatic carbocycles. The van der Waals surface area contributed by atoms with E-state index in [-0.39, 0.29) is 45.6 Å². The molecule has 4 rings (SSSR count). The Morgan fingerprint density at radius 2 is 1.32 bits per heavy atom. The number of anilines is 1. The Labute approximate surface area is 189 Å². The minimum absolute atomic E-state index is 0.00548. The average Bonchev–Trinajstić information content (AvgIpc) is 3.18. The molecular formula is C20H14N8O6. The second-order valence-electron chi connectivity index (χ2n) is 7.02. The standard InChI is InChI=1S/C20H14N8O6/c21-19-23-24-20-22-13(9-17(29)11-5-1-3-7-15(11)27(31)32)14(25-26(19)20)10-18(30)12-6-2-4-8-16(12)28(33)34/h1-8H,9-10H2,(H2,21,23). The summed E-state index contributed by atoms with van der Waals surface area (Å²) < 4.78 is 1.06. The van der Waals surface area contributed by atoms with E-state index in [4.69, 9.17) is 5.73 Å². The van der Waals surface area contributed by atoms with Crippen molar-refractivity contribution < 1.29 is 19.4 Å². The predicted molar refractivity (Wildman–Crippen MR) is 115 cm³/mol. The molecule has 2 N–H and O–H groups in total. The summed E-state index contributed by atoms with van der Waals surface area (Å²) in [6, 6.07) is 10.8. The fourth-order valence-corrected chi connectivity index (χ4v) is 3.32. The van der Waals surface area contributed by atoms with E-state index in [9.17, 15) is 29.8 Å². The molecule has 2 aromatic carbocycles. The lowest BCUT2D eigenvalue weighted by molar-refractivity contribution is -0.385. The van der Waals surface area contributed by atoms with Gasteiger partial charge in [-0.3, -0.25) is 29.8 Å². The first-order valence-corrected chi connectivity index (χ1v) is 9.66. The molecule has 0 aliphatic rings. The third-order valence-electron chi connectivity index (χ3n) is 4.90. The SMILES string of the molecule is Nc1nnc2nc(CC(=O)c3ccccc3[N+](=O)[O-])c(CC(=O)c3ccccc3[N+](=O)[O-])nn12. The maximum atomic E-state index is 12.9. The highest BCUT2D eigenvalue weighted by molar-refractivity contribution is 6.02. The van der Waals surface area contributed by atoms with E-state index < -0.39 is 34.3 Å². The van der Waals surface area contributed by atoms with Crippen molar-refractivity contribution in [1.82, 2.24) is 24.8 Å². The van der Waals surface area contributed by atoms with E-state index in [0.717, 1.165) is 4.52 Å². The largest absolute Gasteiger partial charge is 0.366 e. The zero-order valence-corrected chi connectivity index (χ0v) is 17.2. The van der Waals surface area contributed by atoms with Crippen LogP contribution >= 0.6 is 0 Å². The number of hydrogen-bond acceptors (Lipinski definition) is 11. The van der Waals surface area contributed by atoms with Gasteiger partial charge in [-0.15, -0.1) is 10.2 Å². The summed E-state index contributed by atoms with van der Waals surface area (Å²) in [7, 11) is 0. The first-order valence-electron chi connectivity index (χ1n) is 9.66. The van der Waals surface area contributed by atoms with Gasteiger partial charge < -0.3 is 5.73 Å². The van der Waals surface area contributed by atoms with Gasteiger partial charge in [0.05, 0.1) is 45.2 Å². The number of carbonyl (C=O) groups excluding carboxylic acids is 2. The molecule has 34 heavy (non-hydrogen) atoms. The molecule has 0 amide bonds. The lowest BCUT2D eigenvalue weighted by Gasteiger charge is -2.09. The monoisotopic (exact) mass is 462 g/mol. The lowest BCUT2D eigenvalue weighted by Crippen LogP contribution is -2.17. The van der Waals surface area contributed by atoms with E-state index in [1.54, 1.807) is 0 Å². The highest BCUT2D eigenvalue weighted by Crippen LogP contribution is 2.23. The quantitative estimate of drug-likeness (QED) is 0.227. The molecule has 2 heterocycles. The minimum Gasteiger partial charge on any atom is -0.366 e. The number of rotatable bonds is 8. The number of nitrogen functional groups attached to an aromatic ring is 1. The van der Waals surface area contributed by atoms with E-state index in [1.165, 1.54) is 48.5 Å². The first-order chi connectivity index (χ1) is 16.3. The Balaban J connectivity index is 1.75. The zero-order chi connectivity index (χ0) is 24.4. The number of nitrogens with two attached hydrogens (primary N) is 1. The second kappa shape index (κ2) is 8.78. The van der Waals surface area contributed by atoms with Gasteiger partial charge in [-0.2, -0.15) is 9.61 Å². The van der Waals surface area contributed by atoms with E-state index in [0.29, 0.717) is 0 Å². The molecule has 0 saturated carbocycles. The molecule has 14 nitrogen and oxygen atoms in total. The van der Waals surface area contributed by atoms with E-state index >= 15 is 0 Å². The van der Waals surface area contributed by atoms with Crippen LogP contribution in [0.4, 0.5) is 17.3 Å². The van der Waals surface area contributed by atoms with Gasteiger partial charge in [0, 0.05) is 12.1 Å². The Bertz CT molecular complexity index is 1480. The maximum Gasteiger partial charge on any atom is 0.280 e. The summed E-state index contributed by atoms with van der Waals surface area (Å²) in [5.74, 6) is -1.46. The van der Waals surface area contributed by atoms with Gasteiger partial charge in [0.1, 0.15) is 0 Å². The fraction of sp³-hybridized carbons (Fsp3) is 0.100. The third-order valence-corrected chi connectivity index (χ3v) is 4.90. The molecule has 0 bridgehead atoms. The Morgan fingerprint density at radius 3 is 1.85 bits per heavy atom. The topological polar surface area (TPSA) is 202 Å². The van der Waals surface area contributed by atoms with Crippen LogP contribution in [0.5, 0.6) is 0 Å². The molecule has 0 atom stereocenters. The first kappa shape index (κ1) is 22.1. The van der Waals surface area contributed by atoms with Crippen LogP contribution in [0.1, 0.15) is 32.1 Å². The molecule has 0 spiro atoms. The van der Waals surface area contributed by atoms with Crippen LogP contribution in [0, 0.1) is 20.2 Å². The fourth-order valence-electron chi connectivity index (χ4n) is 3.32. The number of nitro groups is 2. The minimum atomic E-state index is -0.682. The van der Waals surface area contributed by atoms with Gasteiger partial charge in [-0.25, -0.2) is 4.98 Å². The van der Waals surface area contributed by atoms with Crippen LogP contribution in [0.2, 0.25) is 0 Å². The van der Waals surface area contributed by atoms with Crippen molar-refractivity contribution in [2.75, 3.05) is 5.73 Å².